The van der Waals surface area contributed by atoms with E-state index < -0.39 is 10.0 Å². The van der Waals surface area contributed by atoms with Crippen LogP contribution in [0.3, 0.4) is 0 Å². The van der Waals surface area contributed by atoms with Gasteiger partial charge in [0.15, 0.2) is 0 Å². The molecule has 1 unspecified atom stereocenters. The van der Waals surface area contributed by atoms with E-state index in [9.17, 15) is 13.2 Å². The van der Waals surface area contributed by atoms with Gasteiger partial charge in [-0.15, -0.1) is 12.4 Å². The van der Waals surface area contributed by atoms with Crippen LogP contribution in [0.5, 0.6) is 0 Å². The predicted molar refractivity (Wildman–Crippen MR) is 104 cm³/mol. The lowest BCUT2D eigenvalue weighted by Gasteiger charge is -2.25. The molecule has 0 radical (unpaired) electrons. The number of carbonyl (C=O) groups excluding carboxylic acids is 1. The van der Waals surface area contributed by atoms with Crippen LogP contribution in [0.4, 0.5) is 0 Å². The molecule has 0 bridgehead atoms. The third-order valence-electron chi connectivity index (χ3n) is 5.20. The van der Waals surface area contributed by atoms with Crippen molar-refractivity contribution in [1.82, 2.24) is 9.21 Å². The Bertz CT molecular complexity index is 703. The fraction of sp³-hybridized carbons (Fsp3) is 0.611. The van der Waals surface area contributed by atoms with Crippen LogP contribution in [0.1, 0.15) is 31.2 Å². The van der Waals surface area contributed by atoms with Gasteiger partial charge in [0.1, 0.15) is 0 Å². The van der Waals surface area contributed by atoms with Gasteiger partial charge in [0.25, 0.3) is 0 Å². The molecule has 146 valence electrons. The summed E-state index contributed by atoms with van der Waals surface area (Å²) in [5.41, 5.74) is 6.51. The maximum absolute atomic E-state index is 12.6. The summed E-state index contributed by atoms with van der Waals surface area (Å²) in [5, 5.41) is 0. The Kier molecular flexibility index (Phi) is 7.46. The molecule has 0 saturated carbocycles. The first-order valence-corrected chi connectivity index (χ1v) is 10.5. The second-order valence-electron chi connectivity index (χ2n) is 7.02. The Balaban J connectivity index is 0.00000243. The highest BCUT2D eigenvalue weighted by molar-refractivity contribution is 7.89. The van der Waals surface area contributed by atoms with Gasteiger partial charge in [-0.05, 0) is 49.4 Å². The molecule has 6 nitrogen and oxygen atoms in total. The van der Waals surface area contributed by atoms with E-state index >= 15 is 0 Å². The number of benzene rings is 1. The molecule has 2 aliphatic heterocycles. The number of rotatable bonds is 5. The third kappa shape index (κ3) is 4.76. The molecule has 3 rings (SSSR count). The Morgan fingerprint density at radius 1 is 1.08 bits per heavy atom. The molecule has 2 aliphatic rings. The molecule has 0 spiro atoms. The van der Waals surface area contributed by atoms with Gasteiger partial charge in [0.2, 0.25) is 15.9 Å². The van der Waals surface area contributed by atoms with Crippen molar-refractivity contribution in [3.05, 3.63) is 29.8 Å². The molecule has 1 atom stereocenters. The van der Waals surface area contributed by atoms with Crippen molar-refractivity contribution in [1.29, 1.82) is 0 Å². The van der Waals surface area contributed by atoms with Gasteiger partial charge in [0.05, 0.1) is 11.3 Å². The summed E-state index contributed by atoms with van der Waals surface area (Å²) >= 11 is 0. The molecule has 2 heterocycles. The number of sulfonamides is 1. The van der Waals surface area contributed by atoms with Crippen molar-refractivity contribution in [3.8, 4) is 0 Å². The van der Waals surface area contributed by atoms with E-state index in [-0.39, 0.29) is 18.3 Å². The van der Waals surface area contributed by atoms with Crippen LogP contribution in [0, 0.1) is 5.92 Å². The number of likely N-dealkylation sites (tertiary alicyclic amines) is 1. The van der Waals surface area contributed by atoms with E-state index in [1.54, 1.807) is 28.6 Å². The molecule has 8 heteroatoms. The molecular weight excluding hydrogens is 374 g/mol. The second-order valence-corrected chi connectivity index (χ2v) is 8.95. The van der Waals surface area contributed by atoms with E-state index in [1.165, 1.54) is 0 Å². The summed E-state index contributed by atoms with van der Waals surface area (Å²) in [6.07, 6.45) is 4.21. The fourth-order valence-electron chi connectivity index (χ4n) is 3.57. The zero-order chi connectivity index (χ0) is 17.9. The van der Waals surface area contributed by atoms with Crippen LogP contribution in [0.15, 0.2) is 29.2 Å². The Morgan fingerprint density at radius 3 is 2.31 bits per heavy atom. The van der Waals surface area contributed by atoms with Crippen molar-refractivity contribution in [2.75, 3.05) is 32.7 Å². The van der Waals surface area contributed by atoms with Crippen LogP contribution < -0.4 is 5.73 Å². The van der Waals surface area contributed by atoms with E-state index in [4.69, 9.17) is 5.73 Å². The summed E-state index contributed by atoms with van der Waals surface area (Å²) in [6.45, 7) is 3.31. The number of amides is 1. The molecule has 1 aromatic rings. The molecule has 0 aliphatic carbocycles. The van der Waals surface area contributed by atoms with E-state index in [2.05, 4.69) is 0 Å². The number of nitrogens with zero attached hydrogens (tertiary/aromatic N) is 2. The minimum absolute atomic E-state index is 0. The van der Waals surface area contributed by atoms with E-state index in [1.807, 2.05) is 4.90 Å². The van der Waals surface area contributed by atoms with Crippen LogP contribution in [-0.2, 0) is 21.2 Å². The maximum Gasteiger partial charge on any atom is 0.243 e. The predicted octanol–water partition coefficient (Wildman–Crippen LogP) is 1.63. The Morgan fingerprint density at radius 2 is 1.73 bits per heavy atom. The van der Waals surface area contributed by atoms with Gasteiger partial charge < -0.3 is 10.6 Å². The van der Waals surface area contributed by atoms with E-state index in [0.717, 1.165) is 44.3 Å². The van der Waals surface area contributed by atoms with Crippen molar-refractivity contribution < 1.29 is 13.2 Å². The summed E-state index contributed by atoms with van der Waals surface area (Å²) < 4.78 is 26.8. The highest BCUT2D eigenvalue weighted by atomic mass is 35.5. The molecule has 1 aromatic carbocycles. The van der Waals surface area contributed by atoms with Crippen LogP contribution >= 0.6 is 12.4 Å². The number of halogens is 1. The average molecular weight is 402 g/mol. The highest BCUT2D eigenvalue weighted by Gasteiger charge is 2.27. The normalized spacial score (nSPS) is 21.4. The SMILES string of the molecule is Cl.NCC1CCN(C(=O)Cc2ccc(S(=O)(=O)N3CCCCC3)cc2)C1. The number of piperidine rings is 1. The summed E-state index contributed by atoms with van der Waals surface area (Å²) in [7, 11) is -3.41. The zero-order valence-corrected chi connectivity index (χ0v) is 16.6. The lowest BCUT2D eigenvalue weighted by Crippen LogP contribution is -2.35. The van der Waals surface area contributed by atoms with Crippen molar-refractivity contribution in [3.63, 3.8) is 0 Å². The minimum atomic E-state index is -3.41. The molecule has 1 amide bonds. The number of nitrogens with two attached hydrogens (primary N) is 1. The van der Waals surface area contributed by atoms with Gasteiger partial charge >= 0.3 is 0 Å². The molecular formula is C18H28ClN3O3S. The lowest BCUT2D eigenvalue weighted by molar-refractivity contribution is -0.129. The van der Waals surface area contributed by atoms with Crippen LogP contribution in [0.2, 0.25) is 0 Å². The number of carbonyl (C=O) groups is 1. The van der Waals surface area contributed by atoms with Crippen molar-refractivity contribution in [2.45, 2.75) is 37.0 Å². The number of hydrogen-bond donors (Lipinski definition) is 1. The Hall–Kier alpha value is -1.15. The van der Waals surface area contributed by atoms with Gasteiger partial charge in [-0.3, -0.25) is 4.79 Å². The van der Waals surface area contributed by atoms with Crippen molar-refractivity contribution >= 4 is 28.3 Å². The quantitative estimate of drug-likeness (QED) is 0.812. The van der Waals surface area contributed by atoms with Gasteiger partial charge in [-0.2, -0.15) is 4.31 Å². The van der Waals surface area contributed by atoms with E-state index in [0.29, 0.717) is 36.9 Å². The molecule has 26 heavy (non-hydrogen) atoms. The summed E-state index contributed by atoms with van der Waals surface area (Å²) in [4.78, 5) is 14.5. The molecule has 0 aromatic heterocycles. The van der Waals surface area contributed by atoms with Crippen LogP contribution in [-0.4, -0.2) is 56.3 Å². The summed E-state index contributed by atoms with van der Waals surface area (Å²) in [6, 6.07) is 6.76. The zero-order valence-electron chi connectivity index (χ0n) is 15.0. The fourth-order valence-corrected chi connectivity index (χ4v) is 5.09. The molecule has 2 saturated heterocycles. The first-order chi connectivity index (χ1) is 12.0. The monoisotopic (exact) mass is 401 g/mol. The van der Waals surface area contributed by atoms with Gasteiger partial charge in [-0.1, -0.05) is 18.6 Å². The minimum Gasteiger partial charge on any atom is -0.342 e. The molecule has 2 N–H and O–H groups in total. The van der Waals surface area contributed by atoms with Gasteiger partial charge in [-0.25, -0.2) is 8.42 Å². The highest BCUT2D eigenvalue weighted by Crippen LogP contribution is 2.21. The molecule has 2 fully saturated rings. The standard InChI is InChI=1S/C18H27N3O3S.ClH/c19-13-16-8-11-20(14-16)18(22)12-15-4-6-17(7-5-15)25(23,24)21-9-2-1-3-10-21;/h4-7,16H,1-3,8-14,19H2;1H. The maximum atomic E-state index is 12.6. The smallest absolute Gasteiger partial charge is 0.243 e. The largest absolute Gasteiger partial charge is 0.342 e. The lowest BCUT2D eigenvalue weighted by atomic mass is 10.1. The van der Waals surface area contributed by atoms with Crippen molar-refractivity contribution in [2.24, 2.45) is 11.7 Å². The van der Waals surface area contributed by atoms with Crippen LogP contribution in [0.25, 0.3) is 0 Å². The number of hydrogen-bond acceptors (Lipinski definition) is 4. The average Bonchev–Trinajstić information content (AvgIpc) is 3.12. The summed E-state index contributed by atoms with van der Waals surface area (Å²) in [5.74, 6) is 0.489. The second kappa shape index (κ2) is 9.17. The topological polar surface area (TPSA) is 83.7 Å². The van der Waals surface area contributed by atoms with Gasteiger partial charge in [0, 0.05) is 26.2 Å². The third-order valence-corrected chi connectivity index (χ3v) is 7.12. The Labute approximate surface area is 162 Å². The first-order valence-electron chi connectivity index (χ1n) is 9.07. The first kappa shape index (κ1) is 21.2.